The molecule has 0 aliphatic carbocycles. The molecule has 0 N–H and O–H groups in total. The Bertz CT molecular complexity index is 1180. The van der Waals surface area contributed by atoms with Gasteiger partial charge in [0.15, 0.2) is 0 Å². The Labute approximate surface area is 166 Å². The molecule has 0 spiro atoms. The monoisotopic (exact) mass is 385 g/mol. The summed E-state index contributed by atoms with van der Waals surface area (Å²) in [5.74, 6) is 0.811. The van der Waals surface area contributed by atoms with Gasteiger partial charge in [-0.05, 0) is 48.5 Å². The van der Waals surface area contributed by atoms with Crippen molar-refractivity contribution in [2.75, 3.05) is 12.0 Å². The van der Waals surface area contributed by atoms with Gasteiger partial charge in [0.25, 0.3) is 0 Å². The zero-order valence-corrected chi connectivity index (χ0v) is 15.9. The van der Waals surface area contributed by atoms with Crippen LogP contribution in [0.2, 0.25) is 0 Å². The average molecular weight is 385 g/mol. The number of benzene rings is 3. The normalized spacial score (nSPS) is 11.2. The highest BCUT2D eigenvalue weighted by Gasteiger charge is 2.14. The van der Waals surface area contributed by atoms with Crippen LogP contribution in [0.25, 0.3) is 22.1 Å². The number of aromatic nitrogens is 6. The van der Waals surface area contributed by atoms with Crippen LogP contribution in [0.1, 0.15) is 0 Å². The molecule has 8 heteroatoms. The molecule has 0 atom stereocenters. The van der Waals surface area contributed by atoms with Crippen molar-refractivity contribution >= 4 is 27.8 Å². The molecule has 5 aromatic rings. The maximum Gasteiger partial charge on any atom is 0.119 e. The number of nitrogens with zero attached hydrogens (tertiary/aromatic N) is 7. The standard InChI is InChI=1S/C21H19N7O/c1-29-17-12-10-16(11-13-17)26(14-27-20-8-4-2-6-18(20)22-24-27)15-28-21-9-5-3-7-19(21)23-25-28/h2-13H,14-15H2,1H3. The van der Waals surface area contributed by atoms with Gasteiger partial charge >= 0.3 is 0 Å². The zero-order chi connectivity index (χ0) is 19.6. The molecule has 0 unspecified atom stereocenters. The van der Waals surface area contributed by atoms with E-state index in [1.54, 1.807) is 7.11 Å². The van der Waals surface area contributed by atoms with Crippen molar-refractivity contribution in [2.45, 2.75) is 13.3 Å². The zero-order valence-electron chi connectivity index (χ0n) is 15.9. The molecule has 3 aromatic carbocycles. The van der Waals surface area contributed by atoms with Crippen LogP contribution >= 0.6 is 0 Å². The predicted molar refractivity (Wildman–Crippen MR) is 111 cm³/mol. The van der Waals surface area contributed by atoms with Crippen molar-refractivity contribution in [2.24, 2.45) is 0 Å². The summed E-state index contributed by atoms with van der Waals surface area (Å²) in [6, 6.07) is 23.8. The molecular formula is C21H19N7O. The molecule has 0 bridgehead atoms. The molecule has 29 heavy (non-hydrogen) atoms. The van der Waals surface area contributed by atoms with Gasteiger partial charge in [0.2, 0.25) is 0 Å². The second-order valence-electron chi connectivity index (χ2n) is 6.68. The first-order valence-corrected chi connectivity index (χ1v) is 9.27. The Kier molecular flexibility index (Phi) is 4.28. The van der Waals surface area contributed by atoms with Crippen LogP contribution < -0.4 is 9.64 Å². The van der Waals surface area contributed by atoms with E-state index in [0.29, 0.717) is 13.3 Å². The molecule has 2 aromatic heterocycles. The Morgan fingerprint density at radius 3 is 1.76 bits per heavy atom. The molecule has 8 nitrogen and oxygen atoms in total. The van der Waals surface area contributed by atoms with Crippen molar-refractivity contribution in [3.8, 4) is 5.75 Å². The summed E-state index contributed by atoms with van der Waals surface area (Å²) in [6.45, 7) is 1.03. The number of hydrogen-bond acceptors (Lipinski definition) is 6. The van der Waals surface area contributed by atoms with E-state index in [-0.39, 0.29) is 0 Å². The van der Waals surface area contributed by atoms with Crippen molar-refractivity contribution in [3.63, 3.8) is 0 Å². The molecule has 0 aliphatic heterocycles. The molecule has 0 radical (unpaired) electrons. The quantitative estimate of drug-likeness (QED) is 0.446. The Morgan fingerprint density at radius 1 is 0.724 bits per heavy atom. The minimum Gasteiger partial charge on any atom is -0.497 e. The number of anilines is 1. The highest BCUT2D eigenvalue weighted by Crippen LogP contribution is 2.22. The second kappa shape index (κ2) is 7.23. The van der Waals surface area contributed by atoms with E-state index in [1.807, 2.05) is 82.2 Å². The van der Waals surface area contributed by atoms with Gasteiger partial charge < -0.3 is 9.64 Å². The van der Waals surface area contributed by atoms with E-state index >= 15 is 0 Å². The van der Waals surface area contributed by atoms with Gasteiger partial charge in [-0.2, -0.15) is 0 Å². The summed E-state index contributed by atoms with van der Waals surface area (Å²) in [5.41, 5.74) is 4.72. The van der Waals surface area contributed by atoms with Gasteiger partial charge in [0.05, 0.1) is 18.1 Å². The summed E-state index contributed by atoms with van der Waals surface area (Å²) in [6.07, 6.45) is 0. The number of hydrogen-bond donors (Lipinski definition) is 0. The van der Waals surface area contributed by atoms with Crippen molar-refractivity contribution in [3.05, 3.63) is 72.8 Å². The number of methoxy groups -OCH3 is 1. The van der Waals surface area contributed by atoms with E-state index in [0.717, 1.165) is 33.5 Å². The highest BCUT2D eigenvalue weighted by molar-refractivity contribution is 5.74. The smallest absolute Gasteiger partial charge is 0.119 e. The fourth-order valence-corrected chi connectivity index (χ4v) is 3.37. The van der Waals surface area contributed by atoms with Gasteiger partial charge in [-0.3, -0.25) is 0 Å². The van der Waals surface area contributed by atoms with Crippen LogP contribution in [0.5, 0.6) is 5.75 Å². The third-order valence-corrected chi connectivity index (χ3v) is 4.89. The summed E-state index contributed by atoms with van der Waals surface area (Å²) in [5, 5.41) is 17.2. The molecule has 0 saturated carbocycles. The van der Waals surface area contributed by atoms with Crippen LogP contribution in [-0.2, 0) is 13.3 Å². The molecule has 5 rings (SSSR count). The molecule has 0 fully saturated rings. The molecule has 2 heterocycles. The number of para-hydroxylation sites is 2. The SMILES string of the molecule is COc1ccc(N(Cn2nnc3ccccc32)Cn2nnc3ccccc32)cc1. The fourth-order valence-electron chi connectivity index (χ4n) is 3.37. The van der Waals surface area contributed by atoms with Crippen LogP contribution in [-0.4, -0.2) is 37.1 Å². The first kappa shape index (κ1) is 17.2. The van der Waals surface area contributed by atoms with E-state index in [9.17, 15) is 0 Å². The third-order valence-electron chi connectivity index (χ3n) is 4.89. The van der Waals surface area contributed by atoms with Crippen LogP contribution in [0.3, 0.4) is 0 Å². The van der Waals surface area contributed by atoms with E-state index < -0.39 is 0 Å². The summed E-state index contributed by atoms with van der Waals surface area (Å²) in [4.78, 5) is 2.17. The lowest BCUT2D eigenvalue weighted by Gasteiger charge is -2.25. The number of ether oxygens (including phenoxy) is 1. The molecule has 0 saturated heterocycles. The molecular weight excluding hydrogens is 366 g/mol. The minimum absolute atomic E-state index is 0.515. The van der Waals surface area contributed by atoms with E-state index in [4.69, 9.17) is 4.74 Å². The molecule has 0 aliphatic rings. The third kappa shape index (κ3) is 3.25. The number of rotatable bonds is 6. The molecule has 144 valence electrons. The van der Waals surface area contributed by atoms with E-state index in [2.05, 4.69) is 25.5 Å². The Balaban J connectivity index is 1.53. The van der Waals surface area contributed by atoms with Gasteiger partial charge in [-0.25, -0.2) is 9.36 Å². The number of fused-ring (bicyclic) bond motifs is 2. The highest BCUT2D eigenvalue weighted by atomic mass is 16.5. The fraction of sp³-hybridized carbons (Fsp3) is 0.143. The summed E-state index contributed by atoms with van der Waals surface area (Å²) in [7, 11) is 1.66. The van der Waals surface area contributed by atoms with Crippen molar-refractivity contribution in [1.29, 1.82) is 0 Å². The Morgan fingerprint density at radius 2 is 1.24 bits per heavy atom. The maximum atomic E-state index is 5.30. The largest absolute Gasteiger partial charge is 0.497 e. The molecule has 0 amide bonds. The van der Waals surface area contributed by atoms with Gasteiger partial charge in [0, 0.05) is 5.69 Å². The maximum absolute atomic E-state index is 5.30. The van der Waals surface area contributed by atoms with Crippen molar-refractivity contribution < 1.29 is 4.74 Å². The summed E-state index contributed by atoms with van der Waals surface area (Å²) >= 11 is 0. The second-order valence-corrected chi connectivity index (χ2v) is 6.68. The summed E-state index contributed by atoms with van der Waals surface area (Å²) < 4.78 is 9.08. The van der Waals surface area contributed by atoms with Crippen LogP contribution in [0.4, 0.5) is 5.69 Å². The van der Waals surface area contributed by atoms with Crippen LogP contribution in [0, 0.1) is 0 Å². The van der Waals surface area contributed by atoms with Gasteiger partial charge in [-0.1, -0.05) is 34.7 Å². The van der Waals surface area contributed by atoms with E-state index in [1.165, 1.54) is 0 Å². The predicted octanol–water partition coefficient (Wildman–Crippen LogP) is 3.31. The average Bonchev–Trinajstić information content (AvgIpc) is 3.38. The Hall–Kier alpha value is -3.94. The first-order valence-electron chi connectivity index (χ1n) is 9.27. The lowest BCUT2D eigenvalue weighted by Crippen LogP contribution is -2.29. The van der Waals surface area contributed by atoms with Gasteiger partial charge in [-0.15, -0.1) is 10.2 Å². The first-order chi connectivity index (χ1) is 14.3. The lowest BCUT2D eigenvalue weighted by molar-refractivity contribution is 0.414. The van der Waals surface area contributed by atoms with Crippen LogP contribution in [0.15, 0.2) is 72.8 Å². The minimum atomic E-state index is 0.515. The van der Waals surface area contributed by atoms with Gasteiger partial charge in [0.1, 0.15) is 30.1 Å². The lowest BCUT2D eigenvalue weighted by atomic mass is 10.3. The topological polar surface area (TPSA) is 73.9 Å². The van der Waals surface area contributed by atoms with Crippen molar-refractivity contribution in [1.82, 2.24) is 30.0 Å².